The van der Waals surface area contributed by atoms with Crippen molar-refractivity contribution in [1.82, 2.24) is 15.1 Å². The van der Waals surface area contributed by atoms with E-state index >= 15 is 0 Å². The molecule has 0 aromatic heterocycles. The lowest BCUT2D eigenvalue weighted by Crippen LogP contribution is -2.48. The van der Waals surface area contributed by atoms with Crippen LogP contribution in [0.4, 0.5) is 0 Å². The van der Waals surface area contributed by atoms with Crippen LogP contribution in [0.1, 0.15) is 36.2 Å². The number of likely N-dealkylation sites (N-methyl/N-ethyl adjacent to an activating group) is 1. The second kappa shape index (κ2) is 13.9. The molecule has 0 spiro atoms. The highest BCUT2D eigenvalue weighted by Gasteiger charge is 2.35. The Morgan fingerprint density at radius 1 is 1.05 bits per heavy atom. The lowest BCUT2D eigenvalue weighted by Gasteiger charge is -2.34. The molecular weight excluding hydrogens is 510 g/mol. The van der Waals surface area contributed by atoms with Crippen LogP contribution >= 0.6 is 0 Å². The van der Waals surface area contributed by atoms with Crippen LogP contribution in [-0.2, 0) is 9.53 Å². The van der Waals surface area contributed by atoms with Gasteiger partial charge in [0.2, 0.25) is 6.10 Å². The molecule has 0 bridgehead atoms. The van der Waals surface area contributed by atoms with Gasteiger partial charge in [-0.15, -0.1) is 0 Å². The Hall–Kier alpha value is -3.30. The molecule has 9 nitrogen and oxygen atoms in total. The Balaban J connectivity index is 1.37. The SMILES string of the molecule is COCCCOc1cc(C(=O)N(C[C@@H]2CNC[C@H]2CN(C)C(=O)[C@@H]2COc3ccccc3O2)C(C)C)ccc1C. The minimum absolute atomic E-state index is 0.0155. The largest absolute Gasteiger partial charge is 0.493 e. The molecule has 4 rings (SSSR count). The van der Waals surface area contributed by atoms with E-state index in [1.54, 1.807) is 12.0 Å². The summed E-state index contributed by atoms with van der Waals surface area (Å²) in [6, 6.07) is 13.1. The Labute approximate surface area is 237 Å². The highest BCUT2D eigenvalue weighted by atomic mass is 16.6. The number of para-hydroxylation sites is 2. The molecule has 2 amide bonds. The van der Waals surface area contributed by atoms with Crippen LogP contribution in [0.3, 0.4) is 0 Å². The van der Waals surface area contributed by atoms with Gasteiger partial charge in [-0.05, 0) is 62.4 Å². The van der Waals surface area contributed by atoms with Crippen molar-refractivity contribution in [2.75, 3.05) is 60.2 Å². The average Bonchev–Trinajstić information content (AvgIpc) is 3.40. The number of aryl methyl sites for hydroxylation is 1. The third-order valence-corrected chi connectivity index (χ3v) is 7.65. The highest BCUT2D eigenvalue weighted by Crippen LogP contribution is 2.31. The molecular formula is C31H43N3O6. The summed E-state index contributed by atoms with van der Waals surface area (Å²) < 4.78 is 22.7. The van der Waals surface area contributed by atoms with Gasteiger partial charge in [-0.1, -0.05) is 18.2 Å². The number of methoxy groups -OCH3 is 1. The van der Waals surface area contributed by atoms with E-state index in [9.17, 15) is 9.59 Å². The zero-order chi connectivity index (χ0) is 28.6. The number of ether oxygens (including phenoxy) is 4. The van der Waals surface area contributed by atoms with E-state index in [-0.39, 0.29) is 36.3 Å². The molecule has 3 atom stereocenters. The fraction of sp³-hybridized carbons (Fsp3) is 0.548. The summed E-state index contributed by atoms with van der Waals surface area (Å²) in [5.41, 5.74) is 1.61. The van der Waals surface area contributed by atoms with Gasteiger partial charge in [-0.25, -0.2) is 0 Å². The topological polar surface area (TPSA) is 89.6 Å². The lowest BCUT2D eigenvalue weighted by atomic mass is 9.94. The summed E-state index contributed by atoms with van der Waals surface area (Å²) in [4.78, 5) is 30.6. The third kappa shape index (κ3) is 7.26. The van der Waals surface area contributed by atoms with Crippen molar-refractivity contribution in [1.29, 1.82) is 0 Å². The van der Waals surface area contributed by atoms with Crippen molar-refractivity contribution in [3.05, 3.63) is 53.6 Å². The summed E-state index contributed by atoms with van der Waals surface area (Å²) in [5, 5.41) is 3.47. The van der Waals surface area contributed by atoms with Crippen molar-refractivity contribution >= 4 is 11.8 Å². The van der Waals surface area contributed by atoms with E-state index in [1.165, 1.54) is 0 Å². The molecule has 1 saturated heterocycles. The van der Waals surface area contributed by atoms with Crippen molar-refractivity contribution in [3.8, 4) is 17.2 Å². The number of carbonyl (C=O) groups excluding carboxylic acids is 2. The van der Waals surface area contributed by atoms with Gasteiger partial charge in [-0.2, -0.15) is 0 Å². The standard InChI is InChI=1S/C31H43N3O6/c1-21(2)34(30(35)23-12-11-22(3)28(15-23)38-14-8-13-37-5)19-25-17-32-16-24(25)18-33(4)31(36)29-20-39-26-9-6-7-10-27(26)40-29/h6-7,9-12,15,21,24-25,29,32H,8,13-14,16-20H2,1-5H3/t24-,25-,29-/m0/s1. The van der Waals surface area contributed by atoms with Crippen LogP contribution in [0.5, 0.6) is 17.2 Å². The fourth-order valence-electron chi connectivity index (χ4n) is 5.26. The van der Waals surface area contributed by atoms with Crippen LogP contribution in [0.15, 0.2) is 42.5 Å². The van der Waals surface area contributed by atoms with Crippen molar-refractivity contribution < 1.29 is 28.5 Å². The van der Waals surface area contributed by atoms with E-state index in [4.69, 9.17) is 18.9 Å². The van der Waals surface area contributed by atoms with Gasteiger partial charge in [0.05, 0.1) is 6.61 Å². The van der Waals surface area contributed by atoms with Gasteiger partial charge in [0.1, 0.15) is 12.4 Å². The molecule has 0 radical (unpaired) electrons. The lowest BCUT2D eigenvalue weighted by molar-refractivity contribution is -0.140. The molecule has 2 heterocycles. The van der Waals surface area contributed by atoms with Crippen LogP contribution in [0.25, 0.3) is 0 Å². The van der Waals surface area contributed by atoms with Crippen molar-refractivity contribution in [2.45, 2.75) is 39.3 Å². The van der Waals surface area contributed by atoms with Crippen LogP contribution in [0, 0.1) is 18.8 Å². The highest BCUT2D eigenvalue weighted by molar-refractivity contribution is 5.95. The number of hydrogen-bond donors (Lipinski definition) is 1. The number of amides is 2. The minimum atomic E-state index is -0.672. The van der Waals surface area contributed by atoms with Gasteiger partial charge >= 0.3 is 0 Å². The number of fused-ring (bicyclic) bond motifs is 1. The first-order chi connectivity index (χ1) is 19.3. The number of benzene rings is 2. The molecule has 218 valence electrons. The summed E-state index contributed by atoms with van der Waals surface area (Å²) in [6.45, 7) is 10.2. The Morgan fingerprint density at radius 2 is 1.77 bits per heavy atom. The number of hydrogen-bond acceptors (Lipinski definition) is 7. The van der Waals surface area contributed by atoms with Crippen LogP contribution < -0.4 is 19.5 Å². The second-order valence-electron chi connectivity index (χ2n) is 11.0. The summed E-state index contributed by atoms with van der Waals surface area (Å²) in [7, 11) is 3.48. The molecule has 40 heavy (non-hydrogen) atoms. The normalized spacial score (nSPS) is 19.9. The number of nitrogens with zero attached hydrogens (tertiary/aromatic N) is 2. The molecule has 0 unspecified atom stereocenters. The van der Waals surface area contributed by atoms with E-state index in [0.717, 1.165) is 30.8 Å². The smallest absolute Gasteiger partial charge is 0.267 e. The number of carbonyl (C=O) groups is 2. The maximum atomic E-state index is 13.7. The molecule has 2 aliphatic heterocycles. The summed E-state index contributed by atoms with van der Waals surface area (Å²) in [5.74, 6) is 2.27. The Kier molecular flexibility index (Phi) is 10.3. The predicted octanol–water partition coefficient (Wildman–Crippen LogP) is 3.39. The Bertz CT molecular complexity index is 1160. The van der Waals surface area contributed by atoms with Gasteiger partial charge in [0.15, 0.2) is 11.5 Å². The molecule has 0 saturated carbocycles. The minimum Gasteiger partial charge on any atom is -0.493 e. The van der Waals surface area contributed by atoms with Crippen molar-refractivity contribution in [3.63, 3.8) is 0 Å². The van der Waals surface area contributed by atoms with E-state index in [1.807, 2.05) is 75.2 Å². The molecule has 2 aromatic carbocycles. The summed E-state index contributed by atoms with van der Waals surface area (Å²) >= 11 is 0. The van der Waals surface area contributed by atoms with Crippen LogP contribution in [0.2, 0.25) is 0 Å². The van der Waals surface area contributed by atoms with Gasteiger partial charge in [0.25, 0.3) is 11.8 Å². The zero-order valence-electron chi connectivity index (χ0n) is 24.4. The number of nitrogens with one attached hydrogen (secondary N) is 1. The average molecular weight is 554 g/mol. The molecule has 2 aromatic rings. The van der Waals surface area contributed by atoms with Gasteiger partial charge in [0, 0.05) is 65.0 Å². The van der Waals surface area contributed by atoms with Gasteiger partial charge in [-0.3, -0.25) is 9.59 Å². The monoisotopic (exact) mass is 553 g/mol. The molecule has 0 aliphatic carbocycles. The quantitative estimate of drug-likeness (QED) is 0.403. The maximum absolute atomic E-state index is 13.7. The number of rotatable bonds is 12. The Morgan fingerprint density at radius 3 is 2.50 bits per heavy atom. The van der Waals surface area contributed by atoms with E-state index < -0.39 is 6.10 Å². The molecule has 1 fully saturated rings. The molecule has 1 N–H and O–H groups in total. The van der Waals surface area contributed by atoms with E-state index in [2.05, 4.69) is 5.32 Å². The molecule has 2 aliphatic rings. The predicted molar refractivity (Wildman–Crippen MR) is 153 cm³/mol. The zero-order valence-corrected chi connectivity index (χ0v) is 24.4. The first kappa shape index (κ1) is 29.7. The second-order valence-corrected chi connectivity index (χ2v) is 11.0. The molecule has 9 heteroatoms. The maximum Gasteiger partial charge on any atom is 0.267 e. The van der Waals surface area contributed by atoms with E-state index in [0.29, 0.717) is 43.4 Å². The first-order valence-corrected chi connectivity index (χ1v) is 14.2. The van der Waals surface area contributed by atoms with Gasteiger partial charge < -0.3 is 34.1 Å². The first-order valence-electron chi connectivity index (χ1n) is 14.2. The van der Waals surface area contributed by atoms with Crippen LogP contribution in [-0.4, -0.2) is 93.9 Å². The van der Waals surface area contributed by atoms with Crippen molar-refractivity contribution in [2.24, 2.45) is 11.8 Å². The summed E-state index contributed by atoms with van der Waals surface area (Å²) in [6.07, 6.45) is 0.112. The fourth-order valence-corrected chi connectivity index (χ4v) is 5.26. The third-order valence-electron chi connectivity index (χ3n) is 7.65.